The van der Waals surface area contributed by atoms with Crippen LogP contribution in [0.25, 0.3) is 0 Å². The van der Waals surface area contributed by atoms with Crippen LogP contribution < -0.4 is 59.1 Å². The van der Waals surface area contributed by atoms with Gasteiger partial charge in [-0.2, -0.15) is 0 Å². The summed E-state index contributed by atoms with van der Waals surface area (Å²) in [4.78, 5) is 4.76. The predicted molar refractivity (Wildman–Crippen MR) is 77.4 cm³/mol. The first-order valence-corrected chi connectivity index (χ1v) is 6.55. The summed E-state index contributed by atoms with van der Waals surface area (Å²) >= 11 is 0. The number of hydrogen-bond donors (Lipinski definition) is 0. The first kappa shape index (κ1) is 18.2. The zero-order valence-corrected chi connectivity index (χ0v) is 16.4. The topological polar surface area (TPSA) is 12.9 Å². The Balaban J connectivity index is 0. The molecule has 3 rings (SSSR count). The molecule has 0 saturated carbocycles. The fourth-order valence-electron chi connectivity index (χ4n) is 2.47. The van der Waals surface area contributed by atoms with Gasteiger partial charge in [-0.25, -0.2) is 0 Å². The molecule has 0 N–H and O–H groups in total. The first-order valence-electron chi connectivity index (χ1n) is 6.55. The zero-order valence-electron chi connectivity index (χ0n) is 14.4. The average molecular weight is 283 g/mol. The minimum Gasteiger partial charge on any atom is -1.00 e. The van der Waals surface area contributed by atoms with E-state index in [1.54, 1.807) is 0 Å². The molecular formula is C17H19NNa2. The van der Waals surface area contributed by atoms with Gasteiger partial charge in [-0.05, 0) is 25.0 Å². The fourth-order valence-corrected chi connectivity index (χ4v) is 2.47. The molecule has 0 radical (unpaired) electrons. The Labute approximate surface area is 168 Å². The van der Waals surface area contributed by atoms with Gasteiger partial charge < -0.3 is 2.85 Å². The zero-order chi connectivity index (χ0) is 12.2. The fraction of sp³-hybridized carbons (Fsp3) is 0.235. The minimum absolute atomic E-state index is 0. The second-order valence-corrected chi connectivity index (χ2v) is 4.90. The molecule has 0 aromatic carbocycles. The van der Waals surface area contributed by atoms with Crippen LogP contribution in [-0.4, -0.2) is 4.98 Å². The summed E-state index contributed by atoms with van der Waals surface area (Å²) in [6, 6.07) is 6.38. The number of rotatable bonds is 4. The van der Waals surface area contributed by atoms with Crippen LogP contribution in [-0.2, 0) is 12.8 Å². The normalized spacial score (nSPS) is 16.4. The molecule has 0 atom stereocenters. The monoisotopic (exact) mass is 283 g/mol. The van der Waals surface area contributed by atoms with Crippen LogP contribution in [0, 0.1) is 11.8 Å². The van der Waals surface area contributed by atoms with Crippen LogP contribution in [0.15, 0.2) is 66.8 Å². The Kier molecular flexibility index (Phi) is 8.35. The Morgan fingerprint density at radius 3 is 1.55 bits per heavy atom. The molecule has 0 saturated heterocycles. The van der Waals surface area contributed by atoms with Gasteiger partial charge in [0.05, 0.1) is 0 Å². The number of aromatic nitrogens is 1. The second-order valence-electron chi connectivity index (χ2n) is 4.90. The van der Waals surface area contributed by atoms with Crippen LogP contribution in [0.1, 0.15) is 14.2 Å². The molecule has 2 aliphatic carbocycles. The summed E-state index contributed by atoms with van der Waals surface area (Å²) in [5.74, 6) is 1.05. The molecule has 3 heteroatoms. The first-order chi connectivity index (χ1) is 8.90. The van der Waals surface area contributed by atoms with Crippen molar-refractivity contribution in [3.63, 3.8) is 0 Å². The molecule has 0 bridgehead atoms. The predicted octanol–water partition coefficient (Wildman–Crippen LogP) is -2.12. The van der Waals surface area contributed by atoms with Gasteiger partial charge in [0, 0.05) is 23.2 Å². The molecule has 0 fully saturated rings. The van der Waals surface area contributed by atoms with E-state index in [0.29, 0.717) is 11.8 Å². The molecule has 1 aromatic rings. The van der Waals surface area contributed by atoms with E-state index >= 15 is 0 Å². The third-order valence-electron chi connectivity index (χ3n) is 3.41. The van der Waals surface area contributed by atoms with Gasteiger partial charge >= 0.3 is 59.1 Å². The third kappa shape index (κ3) is 5.14. The van der Waals surface area contributed by atoms with Gasteiger partial charge in [-0.1, -0.05) is 54.7 Å². The molecule has 0 unspecified atom stereocenters. The average Bonchev–Trinajstić information content (AvgIpc) is 3.03. The Morgan fingerprint density at radius 2 is 1.15 bits per heavy atom. The van der Waals surface area contributed by atoms with Crippen LogP contribution in [0.2, 0.25) is 0 Å². The number of hydrogen-bond acceptors (Lipinski definition) is 1. The summed E-state index contributed by atoms with van der Waals surface area (Å²) in [6.07, 6.45) is 19.4. The van der Waals surface area contributed by atoms with E-state index < -0.39 is 0 Å². The van der Waals surface area contributed by atoms with Crippen molar-refractivity contribution in [3.8, 4) is 0 Å². The molecule has 94 valence electrons. The Hall–Kier alpha value is 0.110. The van der Waals surface area contributed by atoms with E-state index in [0.717, 1.165) is 12.8 Å². The molecule has 0 aliphatic heterocycles. The molecule has 1 aromatic heterocycles. The maximum Gasteiger partial charge on any atom is 1.00 e. The van der Waals surface area contributed by atoms with Gasteiger partial charge in [0.25, 0.3) is 0 Å². The SMILES string of the molecule is C1=CC(Cc2cccc(CC3C=CC=C3)n2)C=C1.[H-].[H-].[Na+].[Na+]. The summed E-state index contributed by atoms with van der Waals surface area (Å²) in [7, 11) is 0. The van der Waals surface area contributed by atoms with Crippen molar-refractivity contribution >= 4 is 0 Å². The van der Waals surface area contributed by atoms with Crippen molar-refractivity contribution in [2.24, 2.45) is 11.8 Å². The summed E-state index contributed by atoms with van der Waals surface area (Å²) < 4.78 is 0. The Morgan fingerprint density at radius 1 is 0.750 bits per heavy atom. The Bertz CT molecular complexity index is 484. The van der Waals surface area contributed by atoms with Gasteiger partial charge in [0.1, 0.15) is 0 Å². The molecule has 0 spiro atoms. The van der Waals surface area contributed by atoms with E-state index in [9.17, 15) is 0 Å². The van der Waals surface area contributed by atoms with Crippen LogP contribution >= 0.6 is 0 Å². The van der Waals surface area contributed by atoms with Gasteiger partial charge in [0.15, 0.2) is 0 Å². The van der Waals surface area contributed by atoms with Crippen molar-refractivity contribution in [2.45, 2.75) is 12.8 Å². The summed E-state index contributed by atoms with van der Waals surface area (Å²) in [5, 5.41) is 0. The van der Waals surface area contributed by atoms with Crippen molar-refractivity contribution in [3.05, 3.63) is 78.2 Å². The molecular weight excluding hydrogens is 264 g/mol. The third-order valence-corrected chi connectivity index (χ3v) is 3.41. The van der Waals surface area contributed by atoms with Crippen LogP contribution in [0.4, 0.5) is 0 Å². The van der Waals surface area contributed by atoms with Crippen molar-refractivity contribution in [1.29, 1.82) is 0 Å². The minimum atomic E-state index is 0. The van der Waals surface area contributed by atoms with Crippen molar-refractivity contribution in [2.75, 3.05) is 0 Å². The second kappa shape index (κ2) is 9.19. The van der Waals surface area contributed by atoms with E-state index in [-0.39, 0.29) is 62.0 Å². The van der Waals surface area contributed by atoms with Gasteiger partial charge in [-0.15, -0.1) is 0 Å². The van der Waals surface area contributed by atoms with E-state index in [1.807, 2.05) is 0 Å². The molecule has 2 aliphatic rings. The quantitative estimate of drug-likeness (QED) is 0.576. The summed E-state index contributed by atoms with van der Waals surface area (Å²) in [6.45, 7) is 0. The maximum absolute atomic E-state index is 4.76. The van der Waals surface area contributed by atoms with E-state index in [4.69, 9.17) is 4.98 Å². The standard InChI is InChI=1S/C17H17N.2Na.2H/c1-2-7-14(6-1)12-16-10-5-11-17(18-16)13-15-8-3-4-9-15;;;;/h1-11,14-15H,12-13H2;;;;/q;2*+1;2*-1. The molecule has 20 heavy (non-hydrogen) atoms. The number of nitrogens with zero attached hydrogens (tertiary/aromatic N) is 1. The maximum atomic E-state index is 4.76. The smallest absolute Gasteiger partial charge is 1.00 e. The van der Waals surface area contributed by atoms with Crippen LogP contribution in [0.5, 0.6) is 0 Å². The van der Waals surface area contributed by atoms with Gasteiger partial charge in [0.2, 0.25) is 0 Å². The molecule has 0 amide bonds. The van der Waals surface area contributed by atoms with Gasteiger partial charge in [-0.3, -0.25) is 4.98 Å². The molecule has 1 nitrogen and oxygen atoms in total. The van der Waals surface area contributed by atoms with Crippen molar-refractivity contribution < 1.29 is 62.0 Å². The largest absolute Gasteiger partial charge is 1.00 e. The van der Waals surface area contributed by atoms with E-state index in [1.165, 1.54) is 11.4 Å². The molecule has 1 heterocycles. The van der Waals surface area contributed by atoms with Crippen molar-refractivity contribution in [1.82, 2.24) is 4.98 Å². The number of pyridine rings is 1. The summed E-state index contributed by atoms with van der Waals surface area (Å²) in [5.41, 5.74) is 2.39. The van der Waals surface area contributed by atoms with E-state index in [2.05, 4.69) is 66.8 Å². The number of allylic oxidation sites excluding steroid dienone is 8. The van der Waals surface area contributed by atoms with Crippen LogP contribution in [0.3, 0.4) is 0 Å².